The van der Waals surface area contributed by atoms with Crippen molar-refractivity contribution in [3.05, 3.63) is 28.7 Å². The van der Waals surface area contributed by atoms with Gasteiger partial charge in [-0.2, -0.15) is 0 Å². The van der Waals surface area contributed by atoms with E-state index in [2.05, 4.69) is 11.6 Å². The molecule has 0 atom stereocenters. The summed E-state index contributed by atoms with van der Waals surface area (Å²) in [6.07, 6.45) is 2.00. The van der Waals surface area contributed by atoms with Crippen molar-refractivity contribution in [2.45, 2.75) is 6.42 Å². The van der Waals surface area contributed by atoms with E-state index in [9.17, 15) is 4.79 Å². The molecule has 0 aliphatic heterocycles. The third kappa shape index (κ3) is 1.99. The molecule has 0 spiro atoms. The van der Waals surface area contributed by atoms with Crippen LogP contribution in [0.4, 0.5) is 0 Å². The van der Waals surface area contributed by atoms with Crippen LogP contribution < -0.4 is 5.73 Å². The Hall–Kier alpha value is -1.00. The molecule has 0 bridgehead atoms. The van der Waals surface area contributed by atoms with Crippen molar-refractivity contribution < 1.29 is 4.79 Å². The van der Waals surface area contributed by atoms with Gasteiger partial charge in [0.05, 0.1) is 5.01 Å². The zero-order valence-corrected chi connectivity index (χ0v) is 7.43. The molecular weight excluding hydrogens is 172 g/mol. The summed E-state index contributed by atoms with van der Waals surface area (Å²) in [5.41, 5.74) is 5.81. The van der Waals surface area contributed by atoms with Gasteiger partial charge in [0.2, 0.25) is 5.78 Å². The average molecular weight is 182 g/mol. The first-order valence-electron chi connectivity index (χ1n) is 3.59. The predicted octanol–water partition coefficient (Wildman–Crippen LogP) is 1.01. The highest BCUT2D eigenvalue weighted by Crippen LogP contribution is 2.10. The second-order valence-corrected chi connectivity index (χ2v) is 3.18. The molecule has 64 valence electrons. The number of hydrogen-bond donors (Lipinski definition) is 1. The molecule has 0 aromatic carbocycles. The van der Waals surface area contributed by atoms with Gasteiger partial charge in [-0.05, 0) is 12.6 Å². The van der Waals surface area contributed by atoms with Crippen molar-refractivity contribution in [1.82, 2.24) is 4.98 Å². The Morgan fingerprint density at radius 3 is 3.17 bits per heavy atom. The van der Waals surface area contributed by atoms with Gasteiger partial charge >= 0.3 is 0 Å². The van der Waals surface area contributed by atoms with Crippen LogP contribution in [0.5, 0.6) is 0 Å². The van der Waals surface area contributed by atoms with Crippen molar-refractivity contribution >= 4 is 17.1 Å². The number of carbonyl (C=O) groups excluding carboxylic acids is 1. The van der Waals surface area contributed by atoms with Crippen LogP contribution in [0.1, 0.15) is 15.5 Å². The first kappa shape index (κ1) is 9.09. The monoisotopic (exact) mass is 182 g/mol. The van der Waals surface area contributed by atoms with Gasteiger partial charge in [0.25, 0.3) is 0 Å². The quantitative estimate of drug-likeness (QED) is 0.558. The molecule has 0 amide bonds. The third-order valence-corrected chi connectivity index (χ3v) is 2.26. The maximum absolute atomic E-state index is 11.0. The summed E-state index contributed by atoms with van der Waals surface area (Å²) >= 11 is 1.46. The third-order valence-electron chi connectivity index (χ3n) is 1.35. The van der Waals surface area contributed by atoms with E-state index in [1.54, 1.807) is 5.38 Å². The van der Waals surface area contributed by atoms with Gasteiger partial charge in [0, 0.05) is 11.8 Å². The summed E-state index contributed by atoms with van der Waals surface area (Å²) in [5, 5.41) is 2.64. The molecule has 1 aromatic heterocycles. The van der Waals surface area contributed by atoms with Gasteiger partial charge in [-0.3, -0.25) is 4.79 Å². The molecule has 3 nitrogen and oxygen atoms in total. The number of nitrogens with two attached hydrogens (primary N) is 1. The van der Waals surface area contributed by atoms with Gasteiger partial charge in [-0.1, -0.05) is 6.58 Å². The molecule has 1 heterocycles. The number of hydrogen-bond acceptors (Lipinski definition) is 4. The lowest BCUT2D eigenvalue weighted by Crippen LogP contribution is -2.03. The van der Waals surface area contributed by atoms with Crippen LogP contribution in [0, 0.1) is 0 Å². The number of allylic oxidation sites excluding steroid dienone is 1. The van der Waals surface area contributed by atoms with E-state index >= 15 is 0 Å². The molecule has 4 heteroatoms. The molecule has 0 unspecified atom stereocenters. The lowest BCUT2D eigenvalue weighted by molar-refractivity contribution is 0.104. The number of thiazole rings is 1. The summed E-state index contributed by atoms with van der Waals surface area (Å²) in [5.74, 6) is -0.130. The van der Waals surface area contributed by atoms with Crippen molar-refractivity contribution in [2.24, 2.45) is 5.73 Å². The molecule has 0 radical (unpaired) electrons. The highest BCUT2D eigenvalue weighted by molar-refractivity contribution is 7.09. The Kier molecular flexibility index (Phi) is 3.13. The summed E-state index contributed by atoms with van der Waals surface area (Å²) in [6, 6.07) is 0. The largest absolute Gasteiger partial charge is 0.330 e. The predicted molar refractivity (Wildman–Crippen MR) is 49.4 cm³/mol. The smallest absolute Gasteiger partial charge is 0.204 e. The Balaban J connectivity index is 2.76. The zero-order chi connectivity index (χ0) is 8.97. The summed E-state index contributed by atoms with van der Waals surface area (Å²) in [6.45, 7) is 3.95. The number of rotatable bonds is 4. The van der Waals surface area contributed by atoms with E-state index in [4.69, 9.17) is 5.73 Å². The molecule has 1 aromatic rings. The fourth-order valence-electron chi connectivity index (χ4n) is 0.767. The first-order valence-corrected chi connectivity index (χ1v) is 4.47. The topological polar surface area (TPSA) is 56.0 Å². The fourth-order valence-corrected chi connectivity index (χ4v) is 1.57. The van der Waals surface area contributed by atoms with Crippen LogP contribution in [0.2, 0.25) is 0 Å². The van der Waals surface area contributed by atoms with Crippen LogP contribution in [0.3, 0.4) is 0 Å². The molecule has 0 saturated carbocycles. The second-order valence-electron chi connectivity index (χ2n) is 2.23. The molecule has 1 rings (SSSR count). The van der Waals surface area contributed by atoms with E-state index in [0.717, 1.165) is 11.4 Å². The van der Waals surface area contributed by atoms with Crippen molar-refractivity contribution in [1.29, 1.82) is 0 Å². The van der Waals surface area contributed by atoms with E-state index in [1.807, 2.05) is 0 Å². The Morgan fingerprint density at radius 2 is 2.58 bits per heavy atom. The van der Waals surface area contributed by atoms with E-state index in [1.165, 1.54) is 17.4 Å². The molecule has 0 aliphatic rings. The van der Waals surface area contributed by atoms with E-state index < -0.39 is 0 Å². The van der Waals surface area contributed by atoms with Crippen molar-refractivity contribution in [2.75, 3.05) is 6.54 Å². The van der Waals surface area contributed by atoms with Crippen LogP contribution in [0.25, 0.3) is 0 Å². The number of aromatic nitrogens is 1. The molecule has 2 N–H and O–H groups in total. The first-order chi connectivity index (χ1) is 5.77. The Labute approximate surface area is 74.9 Å². The SMILES string of the molecule is C=CC(=O)c1csc(CCN)n1. The minimum absolute atomic E-state index is 0.130. The number of carbonyl (C=O) groups is 1. The minimum Gasteiger partial charge on any atom is -0.330 e. The minimum atomic E-state index is -0.130. The molecule has 0 aliphatic carbocycles. The van der Waals surface area contributed by atoms with Crippen LogP contribution in [-0.2, 0) is 6.42 Å². The Morgan fingerprint density at radius 1 is 1.83 bits per heavy atom. The average Bonchev–Trinajstić information content (AvgIpc) is 2.52. The zero-order valence-electron chi connectivity index (χ0n) is 6.62. The van der Waals surface area contributed by atoms with Crippen molar-refractivity contribution in [3.63, 3.8) is 0 Å². The van der Waals surface area contributed by atoms with E-state index in [0.29, 0.717) is 12.2 Å². The van der Waals surface area contributed by atoms with Gasteiger partial charge in [-0.25, -0.2) is 4.98 Å². The van der Waals surface area contributed by atoms with Crippen molar-refractivity contribution in [3.8, 4) is 0 Å². The van der Waals surface area contributed by atoms with Gasteiger partial charge in [0.1, 0.15) is 5.69 Å². The van der Waals surface area contributed by atoms with Gasteiger partial charge in [-0.15, -0.1) is 11.3 Å². The number of ketones is 1. The lowest BCUT2D eigenvalue weighted by atomic mass is 10.3. The van der Waals surface area contributed by atoms with E-state index in [-0.39, 0.29) is 5.78 Å². The summed E-state index contributed by atoms with van der Waals surface area (Å²) in [4.78, 5) is 15.1. The number of nitrogens with zero attached hydrogens (tertiary/aromatic N) is 1. The highest BCUT2D eigenvalue weighted by atomic mass is 32.1. The van der Waals surface area contributed by atoms with Gasteiger partial charge < -0.3 is 5.73 Å². The molecule has 12 heavy (non-hydrogen) atoms. The van der Waals surface area contributed by atoms with Crippen LogP contribution in [-0.4, -0.2) is 17.3 Å². The second kappa shape index (κ2) is 4.13. The standard InChI is InChI=1S/C8H10N2OS/c1-2-7(11)6-5-12-8(10-6)3-4-9/h2,5H,1,3-4,9H2. The molecule has 0 saturated heterocycles. The highest BCUT2D eigenvalue weighted by Gasteiger charge is 2.05. The maximum Gasteiger partial charge on any atom is 0.204 e. The fraction of sp³-hybridized carbons (Fsp3) is 0.250. The maximum atomic E-state index is 11.0. The Bertz CT molecular complexity index is 293. The van der Waals surface area contributed by atoms with Crippen LogP contribution in [0.15, 0.2) is 18.0 Å². The van der Waals surface area contributed by atoms with Crippen LogP contribution >= 0.6 is 11.3 Å². The van der Waals surface area contributed by atoms with Gasteiger partial charge in [0.15, 0.2) is 0 Å². The summed E-state index contributed by atoms with van der Waals surface area (Å²) in [7, 11) is 0. The summed E-state index contributed by atoms with van der Waals surface area (Å²) < 4.78 is 0. The molecule has 0 fully saturated rings. The normalized spacial score (nSPS) is 9.75. The molecular formula is C8H10N2OS. The lowest BCUT2D eigenvalue weighted by Gasteiger charge is -1.87.